The Balaban J connectivity index is 1.88. The summed E-state index contributed by atoms with van der Waals surface area (Å²) in [5.74, 6) is -2.57. The third-order valence-corrected chi connectivity index (χ3v) is 6.57. The lowest BCUT2D eigenvalue weighted by Gasteiger charge is -2.26. The molecule has 9 nitrogen and oxygen atoms in total. The molecule has 3 saturated heterocycles. The Morgan fingerprint density at radius 1 is 1.45 bits per heavy atom. The molecule has 0 spiro atoms. The lowest BCUT2D eigenvalue weighted by Crippen LogP contribution is -2.50. The quantitative estimate of drug-likeness (QED) is 0.382. The fourth-order valence-corrected chi connectivity index (χ4v) is 5.33. The second-order valence-electron chi connectivity index (χ2n) is 5.51. The largest absolute Gasteiger partial charge is 0.465 e. The number of esters is 1. The summed E-state index contributed by atoms with van der Waals surface area (Å²) in [4.78, 5) is 11.3. The summed E-state index contributed by atoms with van der Waals surface area (Å²) in [5.41, 5.74) is -1.16. The number of carbonyl (C=O) groups is 1. The highest BCUT2D eigenvalue weighted by Crippen LogP contribution is 2.54. The van der Waals surface area contributed by atoms with Gasteiger partial charge in [-0.05, 0) is 6.92 Å². The van der Waals surface area contributed by atoms with Crippen molar-refractivity contribution < 1.29 is 48.6 Å². The van der Waals surface area contributed by atoms with Crippen LogP contribution >= 0.6 is 0 Å². The second-order valence-corrected chi connectivity index (χ2v) is 8.67. The molecule has 0 aromatic rings. The Kier molecular flexibility index (Phi) is 3.01. The van der Waals surface area contributed by atoms with Crippen molar-refractivity contribution in [1.82, 2.24) is 0 Å². The minimum atomic E-state index is -6.04. The number of hydrogen-bond donors (Lipinski definition) is 1. The molecule has 5 atom stereocenters. The molecule has 3 heterocycles. The fourth-order valence-electron chi connectivity index (χ4n) is 3.06. The van der Waals surface area contributed by atoms with Crippen molar-refractivity contribution in [2.24, 2.45) is 0 Å². The smallest absolute Gasteiger partial charge is 0.453 e. The van der Waals surface area contributed by atoms with Gasteiger partial charge in [-0.3, -0.25) is 8.74 Å². The van der Waals surface area contributed by atoms with Gasteiger partial charge in [-0.25, -0.2) is 4.79 Å². The highest BCUT2D eigenvalue weighted by Gasteiger charge is 2.73. The predicted octanol–water partition coefficient (Wildman–Crippen LogP) is -0.963. The minimum absolute atomic E-state index is 0.0250. The minimum Gasteiger partial charge on any atom is -0.453 e. The first-order chi connectivity index (χ1) is 9.80. The number of hydrogen-bond acceptors (Lipinski definition) is 8. The first-order valence-corrected chi connectivity index (χ1v) is 8.87. The van der Waals surface area contributed by atoms with Gasteiger partial charge in [0.15, 0.2) is 5.25 Å². The second kappa shape index (κ2) is 4.14. The molecule has 1 N–H and O–H groups in total. The molecule has 0 aromatic heterocycles. The van der Waals surface area contributed by atoms with Gasteiger partial charge in [0.1, 0.15) is 17.8 Å². The maximum atomic E-state index is 13.2. The molecule has 3 rings (SSSR count). The van der Waals surface area contributed by atoms with E-state index in [1.165, 1.54) is 6.92 Å². The van der Waals surface area contributed by atoms with Crippen LogP contribution in [0.15, 0.2) is 0 Å². The van der Waals surface area contributed by atoms with Gasteiger partial charge >= 0.3 is 21.3 Å². The van der Waals surface area contributed by atoms with Crippen LogP contribution in [-0.4, -0.2) is 61.8 Å². The Bertz CT molecular complexity index is 745. The molecule has 0 radical (unpaired) electrons. The zero-order valence-electron chi connectivity index (χ0n) is 10.8. The maximum absolute atomic E-state index is 13.2. The number of carbonyl (C=O) groups excluding carboxylic acids is 1. The molecule has 0 saturated carbocycles. The third kappa shape index (κ3) is 1.92. The van der Waals surface area contributed by atoms with Crippen LogP contribution < -0.4 is 0 Å². The normalized spacial score (nSPS) is 42.5. The Morgan fingerprint density at radius 2 is 2.05 bits per heavy atom. The SMILES string of the molecule is CC12CC3OC1C(C3OC(=O)C(F)(F)S(=O)(=O)O)S(=O)(=O)O2. The zero-order chi connectivity index (χ0) is 16.7. The van der Waals surface area contributed by atoms with E-state index in [2.05, 4.69) is 4.74 Å². The molecule has 22 heavy (non-hydrogen) atoms. The van der Waals surface area contributed by atoms with E-state index in [-0.39, 0.29) is 6.42 Å². The van der Waals surface area contributed by atoms with Gasteiger partial charge < -0.3 is 9.47 Å². The van der Waals surface area contributed by atoms with Crippen molar-refractivity contribution in [3.8, 4) is 0 Å². The molecule has 0 aromatic carbocycles. The van der Waals surface area contributed by atoms with E-state index >= 15 is 0 Å². The van der Waals surface area contributed by atoms with E-state index in [1.807, 2.05) is 0 Å². The molecule has 0 aliphatic carbocycles. The molecular weight excluding hydrogens is 354 g/mol. The highest BCUT2D eigenvalue weighted by atomic mass is 32.2. The number of fused-ring (bicyclic) bond motifs is 1. The topological polar surface area (TPSA) is 133 Å². The first kappa shape index (κ1) is 16.0. The number of halogens is 2. The average molecular weight is 364 g/mol. The Morgan fingerprint density at radius 3 is 2.59 bits per heavy atom. The van der Waals surface area contributed by atoms with Crippen molar-refractivity contribution in [3.63, 3.8) is 0 Å². The Hall–Kier alpha value is -0.890. The molecular formula is C9H10F2O9S2. The van der Waals surface area contributed by atoms with Crippen LogP contribution in [0.5, 0.6) is 0 Å². The van der Waals surface area contributed by atoms with Gasteiger partial charge in [-0.15, -0.1) is 0 Å². The van der Waals surface area contributed by atoms with E-state index in [0.717, 1.165) is 0 Å². The van der Waals surface area contributed by atoms with E-state index in [9.17, 15) is 30.4 Å². The number of rotatable bonds is 3. The van der Waals surface area contributed by atoms with Crippen molar-refractivity contribution >= 4 is 26.2 Å². The summed E-state index contributed by atoms with van der Waals surface area (Å²) in [6, 6.07) is 0. The predicted molar refractivity (Wildman–Crippen MR) is 61.9 cm³/mol. The van der Waals surface area contributed by atoms with Crippen molar-refractivity contribution in [3.05, 3.63) is 0 Å². The van der Waals surface area contributed by atoms with Crippen LogP contribution in [-0.2, 0) is 38.7 Å². The van der Waals surface area contributed by atoms with Gasteiger partial charge in [0, 0.05) is 6.42 Å². The van der Waals surface area contributed by atoms with E-state index in [0.29, 0.717) is 0 Å². The summed E-state index contributed by atoms with van der Waals surface area (Å²) in [5, 5.41) is -6.72. The summed E-state index contributed by atoms with van der Waals surface area (Å²) in [6.07, 6.45) is -3.67. The molecule has 3 fully saturated rings. The van der Waals surface area contributed by atoms with Gasteiger partial charge in [-0.1, -0.05) is 0 Å². The standard InChI is InChI=1S/C9H10F2O9S2/c1-8-2-3-4(5(6(8)18-3)21(13,14)20-8)19-7(12)9(10,11)22(15,16)17/h3-6H,2H2,1H3,(H,15,16,17). The van der Waals surface area contributed by atoms with Crippen molar-refractivity contribution in [2.75, 3.05) is 0 Å². The lowest BCUT2D eigenvalue weighted by molar-refractivity contribution is -0.169. The first-order valence-electron chi connectivity index (χ1n) is 5.95. The number of alkyl halides is 2. The van der Waals surface area contributed by atoms with E-state index in [4.69, 9.17) is 13.5 Å². The Labute approximate surface area is 123 Å². The maximum Gasteiger partial charge on any atom is 0.465 e. The molecule has 3 aliphatic rings. The molecule has 3 aliphatic heterocycles. The monoisotopic (exact) mass is 364 g/mol. The van der Waals surface area contributed by atoms with Crippen LogP contribution in [0.2, 0.25) is 0 Å². The van der Waals surface area contributed by atoms with Gasteiger partial charge in [0.05, 0.1) is 6.10 Å². The van der Waals surface area contributed by atoms with E-state index in [1.54, 1.807) is 0 Å². The van der Waals surface area contributed by atoms with Gasteiger partial charge in [-0.2, -0.15) is 25.6 Å². The van der Waals surface area contributed by atoms with Crippen LogP contribution in [0.1, 0.15) is 13.3 Å². The van der Waals surface area contributed by atoms with Crippen molar-refractivity contribution in [2.45, 2.75) is 47.8 Å². The van der Waals surface area contributed by atoms with Crippen molar-refractivity contribution in [1.29, 1.82) is 0 Å². The molecule has 0 amide bonds. The molecule has 2 bridgehead atoms. The van der Waals surface area contributed by atoms with Crippen LogP contribution in [0.4, 0.5) is 8.78 Å². The summed E-state index contributed by atoms with van der Waals surface area (Å²) >= 11 is 0. The molecule has 13 heteroatoms. The molecule has 126 valence electrons. The number of ether oxygens (including phenoxy) is 2. The van der Waals surface area contributed by atoms with E-state index < -0.39 is 60.6 Å². The lowest BCUT2D eigenvalue weighted by atomic mass is 9.84. The summed E-state index contributed by atoms with van der Waals surface area (Å²) in [6.45, 7) is 1.46. The van der Waals surface area contributed by atoms with Crippen LogP contribution in [0.25, 0.3) is 0 Å². The molecule has 5 unspecified atom stereocenters. The zero-order valence-corrected chi connectivity index (χ0v) is 12.4. The summed E-state index contributed by atoms with van der Waals surface area (Å²) in [7, 11) is -10.3. The van der Waals surface area contributed by atoms with Gasteiger partial charge in [0.25, 0.3) is 10.1 Å². The van der Waals surface area contributed by atoms with Gasteiger partial charge in [0.2, 0.25) is 0 Å². The van der Waals surface area contributed by atoms with Crippen LogP contribution in [0, 0.1) is 0 Å². The summed E-state index contributed by atoms with van der Waals surface area (Å²) < 4.78 is 94.0. The average Bonchev–Trinajstić information content (AvgIpc) is 2.84. The highest BCUT2D eigenvalue weighted by molar-refractivity contribution is 7.88. The third-order valence-electron chi connectivity index (χ3n) is 3.96. The fraction of sp³-hybridized carbons (Fsp3) is 0.889. The van der Waals surface area contributed by atoms with Crippen LogP contribution in [0.3, 0.4) is 0 Å².